The second-order valence-corrected chi connectivity index (χ2v) is 6.28. The highest BCUT2D eigenvalue weighted by atomic mass is 79.9. The van der Waals surface area contributed by atoms with Gasteiger partial charge in [0.15, 0.2) is 0 Å². The number of benzene rings is 2. The third-order valence-electron chi connectivity index (χ3n) is 3.85. The Kier molecular flexibility index (Phi) is 6.22. The van der Waals surface area contributed by atoms with E-state index in [1.807, 2.05) is 31.2 Å². The highest BCUT2D eigenvalue weighted by molar-refractivity contribution is 9.10. The molecule has 3 nitrogen and oxygen atoms in total. The lowest BCUT2D eigenvalue weighted by Crippen LogP contribution is -2.14. The molecule has 1 atom stereocenters. The number of anilines is 1. The van der Waals surface area contributed by atoms with Crippen LogP contribution < -0.4 is 10.1 Å². The van der Waals surface area contributed by atoms with Gasteiger partial charge in [-0.05, 0) is 65.0 Å². The number of para-hydroxylation sites is 1. The SMILES string of the molecule is CCOc1ccc(C(=O)Nc2ccccc2C(C)CC)cc1Br. The summed E-state index contributed by atoms with van der Waals surface area (Å²) >= 11 is 3.45. The smallest absolute Gasteiger partial charge is 0.255 e. The third-order valence-corrected chi connectivity index (χ3v) is 4.47. The largest absolute Gasteiger partial charge is 0.493 e. The lowest BCUT2D eigenvalue weighted by molar-refractivity contribution is 0.102. The van der Waals surface area contributed by atoms with E-state index in [1.54, 1.807) is 12.1 Å². The van der Waals surface area contributed by atoms with Gasteiger partial charge in [0, 0.05) is 11.3 Å². The Bertz CT molecular complexity index is 685. The Balaban J connectivity index is 2.21. The first-order valence-electron chi connectivity index (χ1n) is 7.89. The first-order chi connectivity index (χ1) is 11.1. The molecule has 0 aliphatic heterocycles. The second kappa shape index (κ2) is 8.16. The van der Waals surface area contributed by atoms with Crippen LogP contribution in [0.3, 0.4) is 0 Å². The fraction of sp³-hybridized carbons (Fsp3) is 0.316. The zero-order chi connectivity index (χ0) is 16.8. The van der Waals surface area contributed by atoms with Crippen LogP contribution in [-0.2, 0) is 0 Å². The van der Waals surface area contributed by atoms with Crippen LogP contribution in [0.25, 0.3) is 0 Å². The molecule has 0 fully saturated rings. The summed E-state index contributed by atoms with van der Waals surface area (Å²) in [7, 11) is 0. The summed E-state index contributed by atoms with van der Waals surface area (Å²) in [5.41, 5.74) is 2.63. The average molecular weight is 376 g/mol. The van der Waals surface area contributed by atoms with Crippen molar-refractivity contribution in [3.63, 3.8) is 0 Å². The van der Waals surface area contributed by atoms with Gasteiger partial charge < -0.3 is 10.1 Å². The predicted octanol–water partition coefficient (Wildman–Crippen LogP) is 5.61. The van der Waals surface area contributed by atoms with E-state index in [1.165, 1.54) is 0 Å². The van der Waals surface area contributed by atoms with Crippen molar-refractivity contribution in [1.82, 2.24) is 0 Å². The number of carbonyl (C=O) groups excluding carboxylic acids is 1. The quantitative estimate of drug-likeness (QED) is 0.711. The Labute approximate surface area is 146 Å². The Morgan fingerprint density at radius 2 is 1.96 bits per heavy atom. The van der Waals surface area contributed by atoms with Crippen molar-refractivity contribution in [2.75, 3.05) is 11.9 Å². The molecule has 1 amide bonds. The molecule has 0 radical (unpaired) electrons. The van der Waals surface area contributed by atoms with Crippen LogP contribution in [0.15, 0.2) is 46.9 Å². The van der Waals surface area contributed by atoms with Gasteiger partial charge in [0.1, 0.15) is 5.75 Å². The number of hydrogen-bond donors (Lipinski definition) is 1. The number of nitrogens with one attached hydrogen (secondary N) is 1. The molecule has 2 aromatic carbocycles. The van der Waals surface area contributed by atoms with E-state index >= 15 is 0 Å². The predicted molar refractivity (Wildman–Crippen MR) is 98.4 cm³/mol. The van der Waals surface area contributed by atoms with Crippen molar-refractivity contribution >= 4 is 27.5 Å². The van der Waals surface area contributed by atoms with E-state index in [0.29, 0.717) is 18.1 Å². The van der Waals surface area contributed by atoms with Crippen LogP contribution in [-0.4, -0.2) is 12.5 Å². The van der Waals surface area contributed by atoms with Gasteiger partial charge in [0.2, 0.25) is 0 Å². The van der Waals surface area contributed by atoms with Gasteiger partial charge in [-0.2, -0.15) is 0 Å². The van der Waals surface area contributed by atoms with Gasteiger partial charge in [-0.15, -0.1) is 0 Å². The van der Waals surface area contributed by atoms with Gasteiger partial charge in [0.25, 0.3) is 5.91 Å². The molecule has 0 saturated heterocycles. The van der Waals surface area contributed by atoms with Gasteiger partial charge in [0.05, 0.1) is 11.1 Å². The lowest BCUT2D eigenvalue weighted by Gasteiger charge is -2.16. The van der Waals surface area contributed by atoms with E-state index in [2.05, 4.69) is 41.2 Å². The molecule has 0 spiro atoms. The molecule has 0 aliphatic rings. The van der Waals surface area contributed by atoms with E-state index in [0.717, 1.165) is 27.9 Å². The molecule has 1 unspecified atom stereocenters. The minimum absolute atomic E-state index is 0.121. The summed E-state index contributed by atoms with van der Waals surface area (Å²) in [6.07, 6.45) is 1.03. The van der Waals surface area contributed by atoms with E-state index in [9.17, 15) is 4.79 Å². The second-order valence-electron chi connectivity index (χ2n) is 5.43. The van der Waals surface area contributed by atoms with Crippen LogP contribution in [0.4, 0.5) is 5.69 Å². The number of ether oxygens (including phenoxy) is 1. The first kappa shape index (κ1) is 17.5. The molecule has 4 heteroatoms. The maximum Gasteiger partial charge on any atom is 0.255 e. The maximum absolute atomic E-state index is 12.5. The summed E-state index contributed by atoms with van der Waals surface area (Å²) in [6.45, 7) is 6.83. The first-order valence-corrected chi connectivity index (χ1v) is 8.68. The topological polar surface area (TPSA) is 38.3 Å². The van der Waals surface area contributed by atoms with Crippen LogP contribution in [0.2, 0.25) is 0 Å². The number of hydrogen-bond acceptors (Lipinski definition) is 2. The normalized spacial score (nSPS) is 11.8. The zero-order valence-electron chi connectivity index (χ0n) is 13.7. The molecule has 0 saturated carbocycles. The number of carbonyl (C=O) groups is 1. The summed E-state index contributed by atoms with van der Waals surface area (Å²) in [4.78, 5) is 12.5. The van der Waals surface area contributed by atoms with Crippen molar-refractivity contribution < 1.29 is 9.53 Å². The Morgan fingerprint density at radius 1 is 1.22 bits per heavy atom. The van der Waals surface area contributed by atoms with Crippen LogP contribution in [0, 0.1) is 0 Å². The van der Waals surface area contributed by atoms with Crippen molar-refractivity contribution in [3.8, 4) is 5.75 Å². The third kappa shape index (κ3) is 4.35. The molecule has 122 valence electrons. The fourth-order valence-corrected chi connectivity index (χ4v) is 2.86. The van der Waals surface area contributed by atoms with Crippen LogP contribution >= 0.6 is 15.9 Å². The fourth-order valence-electron chi connectivity index (χ4n) is 2.37. The number of rotatable bonds is 6. The molecule has 0 aliphatic carbocycles. The van der Waals surface area contributed by atoms with Crippen molar-refractivity contribution in [3.05, 3.63) is 58.1 Å². The molecule has 23 heavy (non-hydrogen) atoms. The van der Waals surface area contributed by atoms with Gasteiger partial charge in [-0.1, -0.05) is 32.0 Å². The molecule has 0 heterocycles. The monoisotopic (exact) mass is 375 g/mol. The minimum atomic E-state index is -0.121. The zero-order valence-corrected chi connectivity index (χ0v) is 15.3. The van der Waals surface area contributed by atoms with Crippen molar-refractivity contribution in [2.24, 2.45) is 0 Å². The Morgan fingerprint density at radius 3 is 2.61 bits per heavy atom. The summed E-state index contributed by atoms with van der Waals surface area (Å²) in [5.74, 6) is 1.02. The van der Waals surface area contributed by atoms with Crippen molar-refractivity contribution in [1.29, 1.82) is 0 Å². The highest BCUT2D eigenvalue weighted by Gasteiger charge is 2.13. The molecular weight excluding hydrogens is 354 g/mol. The van der Waals surface area contributed by atoms with E-state index in [-0.39, 0.29) is 5.91 Å². The minimum Gasteiger partial charge on any atom is -0.493 e. The summed E-state index contributed by atoms with van der Waals surface area (Å²) in [5, 5.41) is 3.02. The summed E-state index contributed by atoms with van der Waals surface area (Å²) < 4.78 is 6.26. The van der Waals surface area contributed by atoms with Crippen LogP contribution in [0.1, 0.15) is 49.0 Å². The van der Waals surface area contributed by atoms with Gasteiger partial charge >= 0.3 is 0 Å². The lowest BCUT2D eigenvalue weighted by atomic mass is 9.97. The number of halogens is 1. The van der Waals surface area contributed by atoms with E-state index in [4.69, 9.17) is 4.74 Å². The van der Waals surface area contributed by atoms with Crippen LogP contribution in [0.5, 0.6) is 5.75 Å². The molecule has 2 rings (SSSR count). The van der Waals surface area contributed by atoms with Crippen molar-refractivity contribution in [2.45, 2.75) is 33.1 Å². The average Bonchev–Trinajstić information content (AvgIpc) is 2.56. The maximum atomic E-state index is 12.5. The molecule has 0 bridgehead atoms. The highest BCUT2D eigenvalue weighted by Crippen LogP contribution is 2.29. The standard InChI is InChI=1S/C19H22BrNO2/c1-4-13(3)15-8-6-7-9-17(15)21-19(22)14-10-11-18(23-5-2)16(20)12-14/h6-13H,4-5H2,1-3H3,(H,21,22). The molecular formula is C19H22BrNO2. The summed E-state index contributed by atoms with van der Waals surface area (Å²) in [6, 6.07) is 13.3. The molecule has 0 aromatic heterocycles. The Hall–Kier alpha value is -1.81. The molecule has 1 N–H and O–H groups in total. The molecule has 2 aromatic rings. The van der Waals surface area contributed by atoms with Gasteiger partial charge in [-0.3, -0.25) is 4.79 Å². The van der Waals surface area contributed by atoms with E-state index < -0.39 is 0 Å². The number of amides is 1. The van der Waals surface area contributed by atoms with Gasteiger partial charge in [-0.25, -0.2) is 0 Å².